The number of hydrogen-bond acceptors (Lipinski definition) is 4. The summed E-state index contributed by atoms with van der Waals surface area (Å²) in [5, 5.41) is 11.8. The number of nitrogens with one attached hydrogen (secondary N) is 1. The van der Waals surface area contributed by atoms with Crippen LogP contribution in [-0.4, -0.2) is 78.9 Å². The first-order valence-electron chi connectivity index (χ1n) is 6.70. The Morgan fingerprint density at radius 2 is 1.95 bits per heavy atom. The summed E-state index contributed by atoms with van der Waals surface area (Å²) >= 11 is 0. The summed E-state index contributed by atoms with van der Waals surface area (Å²) in [5.41, 5.74) is 0. The Balaban J connectivity index is 1.82. The van der Waals surface area contributed by atoms with E-state index in [4.69, 9.17) is 9.84 Å². The molecule has 2 aliphatic rings. The van der Waals surface area contributed by atoms with Crippen molar-refractivity contribution in [3.8, 4) is 0 Å². The van der Waals surface area contributed by atoms with Gasteiger partial charge in [-0.15, -0.1) is 0 Å². The van der Waals surface area contributed by atoms with Crippen LogP contribution in [0.2, 0.25) is 0 Å². The number of carboxylic acid groups (broad SMARTS) is 1. The molecule has 0 bridgehead atoms. The van der Waals surface area contributed by atoms with Gasteiger partial charge in [-0.1, -0.05) is 6.92 Å². The molecule has 0 radical (unpaired) electrons. The first kappa shape index (κ1) is 14.1. The standard InChI is InChI=1S/C12H21N3O4/c1-2-14-3-5-15(6-4-14)12(18)13-10-8-19-7-9(10)11(16)17/h9-10H,2-8H2,1H3,(H,13,18)(H,16,17). The zero-order valence-electron chi connectivity index (χ0n) is 11.2. The smallest absolute Gasteiger partial charge is 0.317 e. The predicted octanol–water partition coefficient (Wildman–Crippen LogP) is -0.567. The minimum Gasteiger partial charge on any atom is -0.481 e. The highest BCUT2D eigenvalue weighted by molar-refractivity contribution is 5.77. The Kier molecular flexibility index (Phi) is 4.60. The number of likely N-dealkylation sites (N-methyl/N-ethyl adjacent to an activating group) is 1. The minimum absolute atomic E-state index is 0.171. The van der Waals surface area contributed by atoms with E-state index in [0.717, 1.165) is 19.6 Å². The summed E-state index contributed by atoms with van der Waals surface area (Å²) in [6, 6.07) is -0.605. The van der Waals surface area contributed by atoms with E-state index < -0.39 is 17.9 Å². The van der Waals surface area contributed by atoms with Crippen LogP contribution in [0.25, 0.3) is 0 Å². The maximum Gasteiger partial charge on any atom is 0.317 e. The number of nitrogens with zero attached hydrogens (tertiary/aromatic N) is 2. The highest BCUT2D eigenvalue weighted by atomic mass is 16.5. The molecular formula is C12H21N3O4. The molecule has 2 heterocycles. The average Bonchev–Trinajstić information content (AvgIpc) is 2.87. The maximum absolute atomic E-state index is 12.1. The number of carboxylic acids is 1. The topological polar surface area (TPSA) is 82.1 Å². The Hall–Kier alpha value is -1.34. The zero-order chi connectivity index (χ0) is 13.8. The van der Waals surface area contributed by atoms with Crippen LogP contribution in [0.1, 0.15) is 6.92 Å². The summed E-state index contributed by atoms with van der Waals surface area (Å²) in [6.45, 7) is 6.65. The molecule has 2 saturated heterocycles. The molecule has 2 atom stereocenters. The molecule has 0 aromatic rings. The van der Waals surface area contributed by atoms with Crippen LogP contribution in [0.4, 0.5) is 4.79 Å². The molecule has 0 saturated carbocycles. The van der Waals surface area contributed by atoms with Gasteiger partial charge in [0.1, 0.15) is 5.92 Å². The van der Waals surface area contributed by atoms with Crippen LogP contribution < -0.4 is 5.32 Å². The van der Waals surface area contributed by atoms with E-state index in [-0.39, 0.29) is 19.2 Å². The molecule has 2 rings (SSSR count). The van der Waals surface area contributed by atoms with E-state index in [1.807, 2.05) is 0 Å². The van der Waals surface area contributed by atoms with Crippen LogP contribution >= 0.6 is 0 Å². The number of rotatable bonds is 3. The summed E-state index contributed by atoms with van der Waals surface area (Å²) in [5.74, 6) is -1.56. The zero-order valence-corrected chi connectivity index (χ0v) is 11.2. The van der Waals surface area contributed by atoms with Gasteiger partial charge in [0.05, 0.1) is 19.3 Å². The molecule has 2 aliphatic heterocycles. The molecule has 108 valence electrons. The minimum atomic E-state index is -0.918. The summed E-state index contributed by atoms with van der Waals surface area (Å²) < 4.78 is 5.13. The van der Waals surface area contributed by atoms with E-state index in [1.165, 1.54) is 0 Å². The van der Waals surface area contributed by atoms with E-state index in [0.29, 0.717) is 13.1 Å². The Morgan fingerprint density at radius 1 is 1.26 bits per heavy atom. The number of urea groups is 1. The van der Waals surface area contributed by atoms with Gasteiger partial charge in [-0.25, -0.2) is 4.79 Å². The van der Waals surface area contributed by atoms with Crippen LogP contribution in [0, 0.1) is 5.92 Å². The quantitative estimate of drug-likeness (QED) is 0.718. The molecule has 0 spiro atoms. The molecule has 7 heteroatoms. The fourth-order valence-corrected chi connectivity index (χ4v) is 2.46. The first-order valence-corrected chi connectivity index (χ1v) is 6.70. The number of ether oxygens (including phenoxy) is 1. The van der Waals surface area contributed by atoms with Crippen molar-refractivity contribution < 1.29 is 19.4 Å². The van der Waals surface area contributed by atoms with Gasteiger partial charge in [0, 0.05) is 26.2 Å². The lowest BCUT2D eigenvalue weighted by molar-refractivity contribution is -0.142. The molecule has 0 aliphatic carbocycles. The number of hydrogen-bond donors (Lipinski definition) is 2. The van der Waals surface area contributed by atoms with Gasteiger partial charge in [0.25, 0.3) is 0 Å². The van der Waals surface area contributed by atoms with Crippen molar-refractivity contribution in [3.05, 3.63) is 0 Å². The van der Waals surface area contributed by atoms with Crippen LogP contribution in [0.3, 0.4) is 0 Å². The molecule has 2 amide bonds. The average molecular weight is 271 g/mol. The second kappa shape index (κ2) is 6.21. The Labute approximate surface area is 112 Å². The van der Waals surface area contributed by atoms with Crippen molar-refractivity contribution >= 4 is 12.0 Å². The second-order valence-corrected chi connectivity index (χ2v) is 4.96. The van der Waals surface area contributed by atoms with Gasteiger partial charge in [-0.3, -0.25) is 4.79 Å². The third-order valence-corrected chi connectivity index (χ3v) is 3.81. The number of aliphatic carboxylic acids is 1. The molecule has 2 N–H and O–H groups in total. The highest BCUT2D eigenvalue weighted by Gasteiger charge is 2.36. The predicted molar refractivity (Wildman–Crippen MR) is 68.0 cm³/mol. The Bertz CT molecular complexity index is 342. The SMILES string of the molecule is CCN1CCN(C(=O)NC2COCC2C(=O)O)CC1. The molecule has 0 aromatic carbocycles. The van der Waals surface area contributed by atoms with E-state index in [1.54, 1.807) is 4.90 Å². The van der Waals surface area contributed by atoms with Crippen molar-refractivity contribution in [2.75, 3.05) is 45.9 Å². The van der Waals surface area contributed by atoms with Crippen molar-refractivity contribution in [1.29, 1.82) is 0 Å². The number of piperazine rings is 1. The summed E-state index contributed by atoms with van der Waals surface area (Å²) in [6.07, 6.45) is 0. The number of amides is 2. The third kappa shape index (κ3) is 3.36. The van der Waals surface area contributed by atoms with Crippen molar-refractivity contribution in [2.45, 2.75) is 13.0 Å². The molecule has 2 fully saturated rings. The van der Waals surface area contributed by atoms with Crippen LogP contribution in [0.15, 0.2) is 0 Å². The molecule has 19 heavy (non-hydrogen) atoms. The fourth-order valence-electron chi connectivity index (χ4n) is 2.46. The van der Waals surface area contributed by atoms with Crippen LogP contribution in [0.5, 0.6) is 0 Å². The van der Waals surface area contributed by atoms with Gasteiger partial charge in [-0.05, 0) is 6.54 Å². The first-order chi connectivity index (χ1) is 9.11. The highest BCUT2D eigenvalue weighted by Crippen LogP contribution is 2.14. The van der Waals surface area contributed by atoms with E-state index in [2.05, 4.69) is 17.1 Å². The fraction of sp³-hybridized carbons (Fsp3) is 0.833. The monoisotopic (exact) mass is 271 g/mol. The Morgan fingerprint density at radius 3 is 2.53 bits per heavy atom. The van der Waals surface area contributed by atoms with E-state index >= 15 is 0 Å². The van der Waals surface area contributed by atoms with Gasteiger partial charge in [0.15, 0.2) is 0 Å². The number of carbonyl (C=O) groups is 2. The van der Waals surface area contributed by atoms with Gasteiger partial charge in [-0.2, -0.15) is 0 Å². The number of carbonyl (C=O) groups excluding carboxylic acids is 1. The summed E-state index contributed by atoms with van der Waals surface area (Å²) in [7, 11) is 0. The molecule has 0 aromatic heterocycles. The summed E-state index contributed by atoms with van der Waals surface area (Å²) in [4.78, 5) is 27.1. The van der Waals surface area contributed by atoms with Gasteiger partial charge in [0.2, 0.25) is 0 Å². The lowest BCUT2D eigenvalue weighted by atomic mass is 10.0. The molecular weight excluding hydrogens is 250 g/mol. The van der Waals surface area contributed by atoms with Crippen molar-refractivity contribution in [2.24, 2.45) is 5.92 Å². The van der Waals surface area contributed by atoms with E-state index in [9.17, 15) is 9.59 Å². The van der Waals surface area contributed by atoms with Gasteiger partial charge >= 0.3 is 12.0 Å². The van der Waals surface area contributed by atoms with Gasteiger partial charge < -0.3 is 25.0 Å². The third-order valence-electron chi connectivity index (χ3n) is 3.81. The normalized spacial score (nSPS) is 28.4. The van der Waals surface area contributed by atoms with Crippen LogP contribution in [-0.2, 0) is 9.53 Å². The lowest BCUT2D eigenvalue weighted by Gasteiger charge is -2.34. The van der Waals surface area contributed by atoms with Crippen molar-refractivity contribution in [3.63, 3.8) is 0 Å². The lowest BCUT2D eigenvalue weighted by Crippen LogP contribution is -2.54. The second-order valence-electron chi connectivity index (χ2n) is 4.96. The molecule has 7 nitrogen and oxygen atoms in total. The van der Waals surface area contributed by atoms with Crippen molar-refractivity contribution in [1.82, 2.24) is 15.1 Å². The molecule has 2 unspecified atom stereocenters. The largest absolute Gasteiger partial charge is 0.481 e. The maximum atomic E-state index is 12.1.